The largest absolute Gasteiger partial charge is 0.391 e. The summed E-state index contributed by atoms with van der Waals surface area (Å²) in [6, 6.07) is 0.685. The van der Waals surface area contributed by atoms with Crippen LogP contribution in [-0.2, 0) is 6.61 Å². The molecule has 16 heavy (non-hydrogen) atoms. The van der Waals surface area contributed by atoms with Crippen LogP contribution < -0.4 is 4.90 Å². The molecule has 2 aliphatic carbocycles. The Hall–Kier alpha value is -0.610. The molecule has 3 nitrogen and oxygen atoms in total. The van der Waals surface area contributed by atoms with E-state index in [1.807, 2.05) is 0 Å². The summed E-state index contributed by atoms with van der Waals surface area (Å²) in [7, 11) is 2.14. The number of rotatable bonds is 4. The number of thiazole rings is 1. The number of nitrogens with zero attached hydrogens (tertiary/aromatic N) is 2. The summed E-state index contributed by atoms with van der Waals surface area (Å²) >= 11 is 1.68. The summed E-state index contributed by atoms with van der Waals surface area (Å²) < 4.78 is 0. The second-order valence-electron chi connectivity index (χ2n) is 4.93. The average molecular weight is 238 g/mol. The molecule has 0 aromatic carbocycles. The van der Waals surface area contributed by atoms with E-state index in [1.165, 1.54) is 37.8 Å². The van der Waals surface area contributed by atoms with Gasteiger partial charge in [-0.15, -0.1) is 0 Å². The van der Waals surface area contributed by atoms with Crippen LogP contribution >= 0.6 is 11.3 Å². The summed E-state index contributed by atoms with van der Waals surface area (Å²) in [5.74, 6) is 0.641. The lowest BCUT2D eigenvalue weighted by molar-refractivity contribution is 0.284. The molecule has 0 radical (unpaired) electrons. The maximum atomic E-state index is 9.35. The number of aliphatic hydroxyl groups is 1. The summed E-state index contributed by atoms with van der Waals surface area (Å²) in [5.41, 5.74) is 1.17. The predicted molar refractivity (Wildman–Crippen MR) is 66.1 cm³/mol. The Morgan fingerprint density at radius 3 is 2.62 bits per heavy atom. The number of aromatic nitrogens is 1. The van der Waals surface area contributed by atoms with Crippen LogP contribution in [0.5, 0.6) is 0 Å². The summed E-state index contributed by atoms with van der Waals surface area (Å²) in [6.07, 6.45) is 6.45. The van der Waals surface area contributed by atoms with Crippen LogP contribution in [0.15, 0.2) is 0 Å². The van der Waals surface area contributed by atoms with E-state index in [9.17, 15) is 5.11 Å². The zero-order valence-electron chi connectivity index (χ0n) is 9.65. The zero-order chi connectivity index (χ0) is 11.1. The van der Waals surface area contributed by atoms with E-state index in [-0.39, 0.29) is 6.61 Å². The number of anilines is 1. The van der Waals surface area contributed by atoms with E-state index in [4.69, 9.17) is 4.98 Å². The van der Waals surface area contributed by atoms with E-state index >= 15 is 0 Å². The van der Waals surface area contributed by atoms with Gasteiger partial charge in [0.25, 0.3) is 0 Å². The van der Waals surface area contributed by atoms with E-state index in [0.29, 0.717) is 12.0 Å². The monoisotopic (exact) mass is 238 g/mol. The predicted octanol–water partition coefficient (Wildman–Crippen LogP) is 2.50. The zero-order valence-corrected chi connectivity index (χ0v) is 10.5. The molecule has 0 aliphatic heterocycles. The first kappa shape index (κ1) is 10.5. The van der Waals surface area contributed by atoms with Crippen LogP contribution in [0.1, 0.15) is 48.6 Å². The molecule has 3 rings (SSSR count). The highest BCUT2D eigenvalue weighted by Gasteiger charge is 2.31. The fourth-order valence-corrected chi connectivity index (χ4v) is 3.26. The molecule has 88 valence electrons. The van der Waals surface area contributed by atoms with Crippen LogP contribution in [0.2, 0.25) is 0 Å². The fraction of sp³-hybridized carbons (Fsp3) is 0.750. The Bertz CT molecular complexity index is 382. The molecule has 1 N–H and O–H groups in total. The summed E-state index contributed by atoms with van der Waals surface area (Å²) in [4.78, 5) is 8.12. The lowest BCUT2D eigenvalue weighted by Gasteiger charge is -2.34. The molecular weight excluding hydrogens is 220 g/mol. The Balaban J connectivity index is 1.83. The van der Waals surface area contributed by atoms with Crippen molar-refractivity contribution in [2.24, 2.45) is 0 Å². The van der Waals surface area contributed by atoms with Crippen LogP contribution in [0.4, 0.5) is 5.13 Å². The highest BCUT2D eigenvalue weighted by molar-refractivity contribution is 7.15. The standard InChI is InChI=1S/C12H18N2OS/c1-14(9-3-2-4-9)12-13-11(8-5-6-8)10(7-15)16-12/h8-9,15H,2-7H2,1H3. The number of aliphatic hydroxyl groups excluding tert-OH is 1. The van der Waals surface area contributed by atoms with Crippen molar-refractivity contribution in [3.63, 3.8) is 0 Å². The quantitative estimate of drug-likeness (QED) is 0.875. The average Bonchev–Trinajstić information content (AvgIpc) is 2.95. The molecule has 0 bridgehead atoms. The third-order valence-corrected chi connectivity index (χ3v) is 4.89. The molecule has 1 heterocycles. The van der Waals surface area contributed by atoms with Gasteiger partial charge in [-0.05, 0) is 32.1 Å². The highest BCUT2D eigenvalue weighted by Crippen LogP contribution is 2.44. The van der Waals surface area contributed by atoms with E-state index in [2.05, 4.69) is 11.9 Å². The maximum Gasteiger partial charge on any atom is 0.185 e. The van der Waals surface area contributed by atoms with Gasteiger partial charge >= 0.3 is 0 Å². The molecular formula is C12H18N2OS. The lowest BCUT2D eigenvalue weighted by Crippen LogP contribution is -2.37. The molecule has 0 unspecified atom stereocenters. The topological polar surface area (TPSA) is 36.4 Å². The fourth-order valence-electron chi connectivity index (χ4n) is 2.22. The van der Waals surface area contributed by atoms with Gasteiger partial charge in [-0.3, -0.25) is 0 Å². The van der Waals surface area contributed by atoms with Crippen molar-refractivity contribution in [1.29, 1.82) is 0 Å². The van der Waals surface area contributed by atoms with Crippen molar-refractivity contribution in [2.75, 3.05) is 11.9 Å². The summed E-state index contributed by atoms with van der Waals surface area (Å²) in [6.45, 7) is 0.155. The molecule has 0 amide bonds. The van der Waals surface area contributed by atoms with Gasteiger partial charge in [0, 0.05) is 19.0 Å². The molecule has 0 saturated heterocycles. The SMILES string of the molecule is CN(c1nc(C2CC2)c(CO)s1)C1CCC1. The van der Waals surface area contributed by atoms with Crippen molar-refractivity contribution in [2.45, 2.75) is 50.7 Å². The third-order valence-electron chi connectivity index (χ3n) is 3.75. The smallest absolute Gasteiger partial charge is 0.185 e. The van der Waals surface area contributed by atoms with Gasteiger partial charge in [-0.25, -0.2) is 4.98 Å². The first-order chi connectivity index (χ1) is 7.79. The van der Waals surface area contributed by atoms with Gasteiger partial charge in [0.1, 0.15) is 0 Å². The van der Waals surface area contributed by atoms with Crippen LogP contribution in [0, 0.1) is 0 Å². The van der Waals surface area contributed by atoms with Gasteiger partial charge in [-0.2, -0.15) is 0 Å². The first-order valence-corrected chi connectivity index (χ1v) is 6.94. The number of hydrogen-bond donors (Lipinski definition) is 1. The highest BCUT2D eigenvalue weighted by atomic mass is 32.1. The first-order valence-electron chi connectivity index (χ1n) is 6.13. The third kappa shape index (κ3) is 1.74. The van der Waals surface area contributed by atoms with Gasteiger partial charge in [-0.1, -0.05) is 11.3 Å². The maximum absolute atomic E-state index is 9.35. The van der Waals surface area contributed by atoms with Crippen LogP contribution in [0.25, 0.3) is 0 Å². The molecule has 1 aromatic heterocycles. The molecule has 4 heteroatoms. The minimum atomic E-state index is 0.155. The Kier molecular flexibility index (Phi) is 2.64. The van der Waals surface area contributed by atoms with Crippen molar-refractivity contribution < 1.29 is 5.11 Å². The minimum Gasteiger partial charge on any atom is -0.391 e. The van der Waals surface area contributed by atoms with E-state index < -0.39 is 0 Å². The van der Waals surface area contributed by atoms with Gasteiger partial charge in [0.15, 0.2) is 5.13 Å². The van der Waals surface area contributed by atoms with Crippen LogP contribution in [0.3, 0.4) is 0 Å². The van der Waals surface area contributed by atoms with Gasteiger partial charge < -0.3 is 10.0 Å². The molecule has 2 aliphatic rings. The normalized spacial score (nSPS) is 20.9. The second-order valence-corrected chi connectivity index (χ2v) is 5.99. The summed E-state index contributed by atoms with van der Waals surface area (Å²) in [5, 5.41) is 10.5. The Morgan fingerprint density at radius 1 is 1.38 bits per heavy atom. The lowest BCUT2D eigenvalue weighted by atomic mass is 9.92. The van der Waals surface area contributed by atoms with Crippen molar-refractivity contribution >= 4 is 16.5 Å². The van der Waals surface area contributed by atoms with E-state index in [0.717, 1.165) is 10.0 Å². The number of hydrogen-bond acceptors (Lipinski definition) is 4. The van der Waals surface area contributed by atoms with Crippen molar-refractivity contribution in [3.8, 4) is 0 Å². The van der Waals surface area contributed by atoms with Crippen molar-refractivity contribution in [1.82, 2.24) is 4.98 Å². The van der Waals surface area contributed by atoms with Crippen LogP contribution in [-0.4, -0.2) is 23.2 Å². The Labute approximate surface area is 100 Å². The van der Waals surface area contributed by atoms with E-state index in [1.54, 1.807) is 11.3 Å². The molecule has 1 aromatic rings. The molecule has 0 spiro atoms. The molecule has 2 fully saturated rings. The Morgan fingerprint density at radius 2 is 2.12 bits per heavy atom. The van der Waals surface area contributed by atoms with Gasteiger partial charge in [0.05, 0.1) is 17.2 Å². The minimum absolute atomic E-state index is 0.155. The van der Waals surface area contributed by atoms with Crippen molar-refractivity contribution in [3.05, 3.63) is 10.6 Å². The van der Waals surface area contributed by atoms with Gasteiger partial charge in [0.2, 0.25) is 0 Å². The second kappa shape index (κ2) is 4.00. The molecule has 2 saturated carbocycles. The molecule has 0 atom stereocenters.